The molecular weight excluding hydrogens is 376 g/mol. The second-order valence-corrected chi connectivity index (χ2v) is 8.45. The van der Waals surface area contributed by atoms with Gasteiger partial charge in [-0.05, 0) is 28.9 Å². The topological polar surface area (TPSA) is 90.0 Å². The fraction of sp³-hybridized carbons (Fsp3) is 0.222. The lowest BCUT2D eigenvalue weighted by molar-refractivity contribution is 0.602. The Balaban J connectivity index is 2.42. The van der Waals surface area contributed by atoms with Gasteiger partial charge in [0.25, 0.3) is 10.0 Å². The maximum absolute atomic E-state index is 12.2. The first kappa shape index (κ1) is 14.6. The van der Waals surface area contributed by atoms with E-state index in [9.17, 15) is 8.42 Å². The summed E-state index contributed by atoms with van der Waals surface area (Å²) in [7, 11) is -2.12. The number of anilines is 2. The van der Waals surface area contributed by atoms with E-state index in [4.69, 9.17) is 17.3 Å². The Kier molecular flexibility index (Phi) is 3.83. The zero-order chi connectivity index (χ0) is 14.4. The lowest BCUT2D eigenvalue weighted by Crippen LogP contribution is -2.15. The normalized spacial score (nSPS) is 11.8. The van der Waals surface area contributed by atoms with Crippen LogP contribution in [0, 0.1) is 6.92 Å². The molecule has 0 saturated heterocycles. The number of hydrogen-bond acceptors (Lipinski definition) is 5. The van der Waals surface area contributed by atoms with Crippen LogP contribution >= 0.6 is 38.9 Å². The molecule has 0 bridgehead atoms. The molecule has 6 nitrogen and oxygen atoms in total. The van der Waals surface area contributed by atoms with Crippen LogP contribution in [0.5, 0.6) is 0 Å². The summed E-state index contributed by atoms with van der Waals surface area (Å²) in [5.74, 6) is 0.234. The molecule has 0 radical (unpaired) electrons. The lowest BCUT2D eigenvalue weighted by Gasteiger charge is -2.07. The number of thiophene rings is 1. The number of aromatic nitrogens is 2. The molecule has 2 rings (SSSR count). The van der Waals surface area contributed by atoms with Gasteiger partial charge in [-0.25, -0.2) is 13.1 Å². The molecule has 19 heavy (non-hydrogen) atoms. The second kappa shape index (κ2) is 4.97. The van der Waals surface area contributed by atoms with Gasteiger partial charge < -0.3 is 5.73 Å². The van der Waals surface area contributed by atoms with Crippen LogP contribution in [-0.4, -0.2) is 18.2 Å². The van der Waals surface area contributed by atoms with E-state index >= 15 is 0 Å². The molecule has 0 aliphatic rings. The zero-order valence-corrected chi connectivity index (χ0v) is 13.9. The van der Waals surface area contributed by atoms with Gasteiger partial charge in [0.05, 0.1) is 20.2 Å². The van der Waals surface area contributed by atoms with E-state index in [0.717, 1.165) is 11.3 Å². The summed E-state index contributed by atoms with van der Waals surface area (Å²) in [6.07, 6.45) is 0. The number of hydrogen-bond donors (Lipinski definition) is 2. The summed E-state index contributed by atoms with van der Waals surface area (Å²) in [5.41, 5.74) is 6.64. The van der Waals surface area contributed by atoms with Crippen molar-refractivity contribution in [2.24, 2.45) is 7.05 Å². The Morgan fingerprint density at radius 3 is 2.63 bits per heavy atom. The third-order valence-electron chi connectivity index (χ3n) is 2.39. The molecule has 2 heterocycles. The van der Waals surface area contributed by atoms with E-state index in [2.05, 4.69) is 25.8 Å². The molecule has 104 valence electrons. The summed E-state index contributed by atoms with van der Waals surface area (Å²) < 4.78 is 28.9. The highest BCUT2D eigenvalue weighted by atomic mass is 79.9. The van der Waals surface area contributed by atoms with Gasteiger partial charge in [-0.15, -0.1) is 11.3 Å². The Morgan fingerprint density at radius 2 is 2.21 bits per heavy atom. The van der Waals surface area contributed by atoms with Crippen molar-refractivity contribution in [2.45, 2.75) is 11.1 Å². The second-order valence-electron chi connectivity index (χ2n) is 3.76. The first-order valence-corrected chi connectivity index (χ1v) is 8.46. The molecule has 10 heteroatoms. The fourth-order valence-corrected chi connectivity index (χ4v) is 4.94. The van der Waals surface area contributed by atoms with Gasteiger partial charge in [-0.3, -0.25) is 4.72 Å². The highest BCUT2D eigenvalue weighted by molar-refractivity contribution is 9.11. The van der Waals surface area contributed by atoms with Gasteiger partial charge >= 0.3 is 0 Å². The Morgan fingerprint density at radius 1 is 1.58 bits per heavy atom. The SMILES string of the molecule is Cc1nn(C)c(NS(=O)(=O)c2cc(Cl)c(Br)s2)c1N. The number of nitrogen functional groups attached to an aromatic ring is 1. The van der Waals surface area contributed by atoms with Crippen LogP contribution in [0.15, 0.2) is 14.1 Å². The Labute approximate surface area is 127 Å². The van der Waals surface area contributed by atoms with Gasteiger partial charge in [0.2, 0.25) is 0 Å². The molecule has 3 N–H and O–H groups in total. The van der Waals surface area contributed by atoms with Crippen molar-refractivity contribution >= 4 is 60.4 Å². The zero-order valence-electron chi connectivity index (χ0n) is 9.94. The fourth-order valence-electron chi connectivity index (χ4n) is 1.43. The number of rotatable bonds is 3. The minimum absolute atomic E-state index is 0.0997. The van der Waals surface area contributed by atoms with Gasteiger partial charge in [-0.1, -0.05) is 11.6 Å². The number of aryl methyl sites for hydroxylation is 2. The predicted octanol–water partition coefficient (Wildman–Crippen LogP) is 2.59. The molecule has 0 amide bonds. The lowest BCUT2D eigenvalue weighted by atomic mass is 10.4. The van der Waals surface area contributed by atoms with Crippen LogP contribution in [-0.2, 0) is 17.1 Å². The molecule has 0 unspecified atom stereocenters. The van der Waals surface area contributed by atoms with E-state index in [0.29, 0.717) is 20.2 Å². The molecule has 2 aromatic rings. The van der Waals surface area contributed by atoms with Crippen molar-refractivity contribution in [1.29, 1.82) is 0 Å². The highest BCUT2D eigenvalue weighted by Crippen LogP contribution is 2.35. The number of nitrogens with two attached hydrogens (primary N) is 1. The maximum atomic E-state index is 12.2. The van der Waals surface area contributed by atoms with Gasteiger partial charge in [-0.2, -0.15) is 5.10 Å². The van der Waals surface area contributed by atoms with Crippen LogP contribution in [0.3, 0.4) is 0 Å². The number of halogens is 2. The maximum Gasteiger partial charge on any atom is 0.272 e. The summed E-state index contributed by atoms with van der Waals surface area (Å²) in [5, 5.41) is 4.39. The number of sulfonamides is 1. The average molecular weight is 386 g/mol. The number of nitrogens with zero attached hydrogens (tertiary/aromatic N) is 2. The van der Waals surface area contributed by atoms with Crippen LogP contribution in [0.25, 0.3) is 0 Å². The van der Waals surface area contributed by atoms with E-state index < -0.39 is 10.0 Å². The molecule has 0 spiro atoms. The average Bonchev–Trinajstić information content (AvgIpc) is 2.76. The summed E-state index contributed by atoms with van der Waals surface area (Å²) >= 11 is 10.0. The molecule has 2 aromatic heterocycles. The first-order valence-electron chi connectivity index (χ1n) is 4.99. The molecule has 0 atom stereocenters. The summed E-state index contributed by atoms with van der Waals surface area (Å²) in [6.45, 7) is 1.70. The quantitative estimate of drug-likeness (QED) is 0.849. The molecule has 0 fully saturated rings. The van der Waals surface area contributed by atoms with Crippen molar-refractivity contribution in [1.82, 2.24) is 9.78 Å². The van der Waals surface area contributed by atoms with Crippen molar-refractivity contribution in [2.75, 3.05) is 10.5 Å². The van der Waals surface area contributed by atoms with Gasteiger partial charge in [0, 0.05) is 7.05 Å². The third kappa shape index (κ3) is 2.73. The summed E-state index contributed by atoms with van der Waals surface area (Å²) in [4.78, 5) is 0. The van der Waals surface area contributed by atoms with Gasteiger partial charge in [0.15, 0.2) is 5.82 Å². The highest BCUT2D eigenvalue weighted by Gasteiger charge is 2.22. The van der Waals surface area contributed by atoms with E-state index in [1.54, 1.807) is 14.0 Å². The summed E-state index contributed by atoms with van der Waals surface area (Å²) in [6, 6.07) is 1.37. The molecule has 0 saturated carbocycles. The third-order valence-corrected chi connectivity index (χ3v) is 6.67. The Hall–Kier alpha value is -0.770. The van der Waals surface area contributed by atoms with Crippen LogP contribution < -0.4 is 10.5 Å². The van der Waals surface area contributed by atoms with Crippen molar-refractivity contribution in [3.05, 3.63) is 20.6 Å². The molecule has 0 aliphatic heterocycles. The minimum Gasteiger partial charge on any atom is -0.394 e. The van der Waals surface area contributed by atoms with Gasteiger partial charge in [0.1, 0.15) is 4.21 Å². The monoisotopic (exact) mass is 384 g/mol. The van der Waals surface area contributed by atoms with E-state index in [1.807, 2.05) is 0 Å². The standard InChI is InChI=1S/C9H10BrClN4O2S2/c1-4-7(12)9(15(2)13-4)14-19(16,17)6-3-5(11)8(10)18-6/h3,14H,12H2,1-2H3. The first-order chi connectivity index (χ1) is 8.72. The van der Waals surface area contributed by atoms with Crippen LogP contribution in [0.4, 0.5) is 11.5 Å². The molecular formula is C9H10BrClN4O2S2. The number of nitrogens with one attached hydrogen (secondary N) is 1. The van der Waals surface area contributed by atoms with E-state index in [1.165, 1.54) is 10.7 Å². The predicted molar refractivity (Wildman–Crippen MR) is 80.2 cm³/mol. The Bertz CT molecular complexity index is 718. The van der Waals surface area contributed by atoms with Crippen LogP contribution in [0.2, 0.25) is 5.02 Å². The minimum atomic E-state index is -3.73. The molecule has 0 aromatic carbocycles. The van der Waals surface area contributed by atoms with Crippen molar-refractivity contribution in [3.63, 3.8) is 0 Å². The van der Waals surface area contributed by atoms with Crippen molar-refractivity contribution < 1.29 is 8.42 Å². The van der Waals surface area contributed by atoms with E-state index in [-0.39, 0.29) is 10.0 Å². The molecule has 0 aliphatic carbocycles. The smallest absolute Gasteiger partial charge is 0.272 e. The van der Waals surface area contributed by atoms with Crippen molar-refractivity contribution in [3.8, 4) is 0 Å². The largest absolute Gasteiger partial charge is 0.394 e. The van der Waals surface area contributed by atoms with Crippen LogP contribution in [0.1, 0.15) is 5.69 Å².